The van der Waals surface area contributed by atoms with Crippen LogP contribution in [0.25, 0.3) is 21.1 Å². The van der Waals surface area contributed by atoms with E-state index in [2.05, 4.69) is 23.5 Å². The van der Waals surface area contributed by atoms with Crippen LogP contribution in [0.4, 0.5) is 0 Å². The standard InChI is InChI=1S/C19H21N3OS2.ClH/c1-20-10-11-22(2)17(23)13-16-18(15-9-6-12-24-15)21-19(25-16)14-7-4-3-5-8-14;/h3-9,12,20H,10-11,13H2,1-2H3;1H. The molecule has 0 saturated heterocycles. The molecule has 4 nitrogen and oxygen atoms in total. The van der Waals surface area contributed by atoms with E-state index >= 15 is 0 Å². The summed E-state index contributed by atoms with van der Waals surface area (Å²) in [4.78, 5) is 21.3. The minimum Gasteiger partial charge on any atom is -0.344 e. The van der Waals surface area contributed by atoms with Gasteiger partial charge < -0.3 is 10.2 Å². The zero-order chi connectivity index (χ0) is 17.6. The van der Waals surface area contributed by atoms with Crippen molar-refractivity contribution in [2.45, 2.75) is 6.42 Å². The van der Waals surface area contributed by atoms with Gasteiger partial charge in [-0.1, -0.05) is 36.4 Å². The average Bonchev–Trinajstić information content (AvgIpc) is 3.30. The minimum atomic E-state index is 0. The Labute approximate surface area is 168 Å². The molecule has 0 atom stereocenters. The van der Waals surface area contributed by atoms with Crippen LogP contribution in [0.2, 0.25) is 0 Å². The Morgan fingerprint density at radius 2 is 1.96 bits per heavy atom. The molecule has 138 valence electrons. The summed E-state index contributed by atoms with van der Waals surface area (Å²) in [7, 11) is 3.74. The number of benzene rings is 1. The van der Waals surface area contributed by atoms with Crippen molar-refractivity contribution in [1.29, 1.82) is 0 Å². The molecule has 3 rings (SSSR count). The number of nitrogens with zero attached hydrogens (tertiary/aromatic N) is 2. The van der Waals surface area contributed by atoms with E-state index in [0.29, 0.717) is 13.0 Å². The number of aromatic nitrogens is 1. The number of rotatable bonds is 7. The van der Waals surface area contributed by atoms with Crippen molar-refractivity contribution in [3.63, 3.8) is 0 Å². The molecule has 26 heavy (non-hydrogen) atoms. The van der Waals surface area contributed by atoms with Crippen LogP contribution in [0.3, 0.4) is 0 Å². The highest BCUT2D eigenvalue weighted by molar-refractivity contribution is 7.17. The van der Waals surface area contributed by atoms with Crippen LogP contribution < -0.4 is 5.32 Å². The van der Waals surface area contributed by atoms with E-state index in [0.717, 1.165) is 32.6 Å². The Balaban J connectivity index is 0.00000243. The molecule has 3 aromatic rings. The third-order valence-corrected chi connectivity index (χ3v) is 5.89. The minimum absolute atomic E-state index is 0. The molecule has 1 amide bonds. The largest absolute Gasteiger partial charge is 0.344 e. The number of hydrogen-bond acceptors (Lipinski definition) is 5. The van der Waals surface area contributed by atoms with Gasteiger partial charge in [-0.25, -0.2) is 4.98 Å². The van der Waals surface area contributed by atoms with Crippen molar-refractivity contribution in [3.8, 4) is 21.1 Å². The maximum absolute atomic E-state index is 12.6. The smallest absolute Gasteiger partial charge is 0.227 e. The van der Waals surface area contributed by atoms with Crippen LogP contribution in [-0.2, 0) is 11.2 Å². The fourth-order valence-corrected chi connectivity index (χ4v) is 4.34. The van der Waals surface area contributed by atoms with Crippen LogP contribution >= 0.6 is 35.1 Å². The molecular formula is C19H22ClN3OS2. The first-order chi connectivity index (χ1) is 12.2. The third-order valence-electron chi connectivity index (χ3n) is 3.91. The second kappa shape index (κ2) is 9.83. The molecule has 0 radical (unpaired) electrons. The summed E-state index contributed by atoms with van der Waals surface area (Å²) < 4.78 is 0. The first kappa shape index (κ1) is 20.6. The maximum atomic E-state index is 12.6. The van der Waals surface area contributed by atoms with Gasteiger partial charge in [0.25, 0.3) is 0 Å². The number of halogens is 1. The average molecular weight is 408 g/mol. The second-order valence-electron chi connectivity index (χ2n) is 5.73. The van der Waals surface area contributed by atoms with Crippen LogP contribution in [0.1, 0.15) is 4.88 Å². The number of carbonyl (C=O) groups is 1. The van der Waals surface area contributed by atoms with E-state index in [4.69, 9.17) is 4.98 Å². The Morgan fingerprint density at radius 1 is 1.19 bits per heavy atom. The molecule has 0 aliphatic heterocycles. The summed E-state index contributed by atoms with van der Waals surface area (Å²) in [6.45, 7) is 1.49. The Hall–Kier alpha value is -1.73. The topological polar surface area (TPSA) is 45.2 Å². The fraction of sp³-hybridized carbons (Fsp3) is 0.263. The fourth-order valence-electron chi connectivity index (χ4n) is 2.46. The molecule has 0 aliphatic carbocycles. The van der Waals surface area contributed by atoms with Gasteiger partial charge in [0.05, 0.1) is 17.0 Å². The molecule has 0 saturated carbocycles. The summed E-state index contributed by atoms with van der Waals surface area (Å²) >= 11 is 3.27. The molecule has 0 unspecified atom stereocenters. The highest BCUT2D eigenvalue weighted by atomic mass is 35.5. The summed E-state index contributed by atoms with van der Waals surface area (Å²) in [5.41, 5.74) is 2.03. The third kappa shape index (κ3) is 4.92. The van der Waals surface area contributed by atoms with Gasteiger partial charge >= 0.3 is 0 Å². The molecule has 0 spiro atoms. The number of carbonyl (C=O) groups excluding carboxylic acids is 1. The number of amides is 1. The van der Waals surface area contributed by atoms with Gasteiger partial charge in [0.15, 0.2) is 0 Å². The number of thiophene rings is 1. The van der Waals surface area contributed by atoms with Gasteiger partial charge in [-0.2, -0.15) is 0 Å². The predicted molar refractivity (Wildman–Crippen MR) is 113 cm³/mol. The van der Waals surface area contributed by atoms with Crippen molar-refractivity contribution in [1.82, 2.24) is 15.2 Å². The zero-order valence-electron chi connectivity index (χ0n) is 14.8. The maximum Gasteiger partial charge on any atom is 0.227 e. The second-order valence-corrected chi connectivity index (χ2v) is 7.76. The lowest BCUT2D eigenvalue weighted by Crippen LogP contribution is -2.33. The quantitative estimate of drug-likeness (QED) is 0.639. The molecule has 0 fully saturated rings. The molecule has 2 heterocycles. The Bertz CT molecular complexity index is 819. The number of likely N-dealkylation sites (N-methyl/N-ethyl adjacent to an activating group) is 2. The van der Waals surface area contributed by atoms with Crippen LogP contribution in [0.5, 0.6) is 0 Å². The van der Waals surface area contributed by atoms with Gasteiger partial charge in [0, 0.05) is 30.6 Å². The molecule has 2 aromatic heterocycles. The Kier molecular flexibility index (Phi) is 7.78. The van der Waals surface area contributed by atoms with Gasteiger partial charge in [0.2, 0.25) is 5.91 Å². The van der Waals surface area contributed by atoms with Crippen LogP contribution in [0, 0.1) is 0 Å². The lowest BCUT2D eigenvalue weighted by atomic mass is 10.2. The lowest BCUT2D eigenvalue weighted by Gasteiger charge is -2.16. The van der Waals surface area contributed by atoms with Crippen LogP contribution in [0.15, 0.2) is 47.8 Å². The SMILES string of the molecule is CNCCN(C)C(=O)Cc1sc(-c2ccccc2)nc1-c1cccs1.Cl. The van der Waals surface area contributed by atoms with Gasteiger partial charge in [-0.15, -0.1) is 35.1 Å². The monoisotopic (exact) mass is 407 g/mol. The predicted octanol–water partition coefficient (Wildman–Crippen LogP) is 4.18. The van der Waals surface area contributed by atoms with E-state index in [-0.39, 0.29) is 18.3 Å². The Morgan fingerprint density at radius 3 is 2.62 bits per heavy atom. The molecular weight excluding hydrogens is 386 g/mol. The van der Waals surface area contributed by atoms with Crippen molar-refractivity contribution >= 4 is 41.0 Å². The van der Waals surface area contributed by atoms with Gasteiger partial charge in [-0.3, -0.25) is 4.79 Å². The number of nitrogens with one attached hydrogen (secondary N) is 1. The normalized spacial score (nSPS) is 10.4. The zero-order valence-corrected chi connectivity index (χ0v) is 17.2. The van der Waals surface area contributed by atoms with Crippen molar-refractivity contribution < 1.29 is 4.79 Å². The molecule has 1 N–H and O–H groups in total. The van der Waals surface area contributed by atoms with E-state index < -0.39 is 0 Å². The molecule has 7 heteroatoms. The van der Waals surface area contributed by atoms with E-state index in [1.165, 1.54) is 0 Å². The van der Waals surface area contributed by atoms with Crippen LogP contribution in [-0.4, -0.2) is 43.0 Å². The first-order valence-electron chi connectivity index (χ1n) is 8.16. The summed E-state index contributed by atoms with van der Waals surface area (Å²) in [5, 5.41) is 6.08. The van der Waals surface area contributed by atoms with E-state index in [9.17, 15) is 4.79 Å². The number of hydrogen-bond donors (Lipinski definition) is 1. The highest BCUT2D eigenvalue weighted by Gasteiger charge is 2.19. The first-order valence-corrected chi connectivity index (χ1v) is 9.86. The van der Waals surface area contributed by atoms with E-state index in [1.54, 1.807) is 27.6 Å². The van der Waals surface area contributed by atoms with Gasteiger partial charge in [-0.05, 0) is 18.5 Å². The highest BCUT2D eigenvalue weighted by Crippen LogP contribution is 2.36. The summed E-state index contributed by atoms with van der Waals surface area (Å²) in [6, 6.07) is 14.2. The van der Waals surface area contributed by atoms with Crippen molar-refractivity contribution in [2.75, 3.05) is 27.2 Å². The van der Waals surface area contributed by atoms with Gasteiger partial charge in [0.1, 0.15) is 5.01 Å². The number of thiazole rings is 1. The lowest BCUT2D eigenvalue weighted by molar-refractivity contribution is -0.129. The summed E-state index contributed by atoms with van der Waals surface area (Å²) in [6.07, 6.45) is 0.387. The van der Waals surface area contributed by atoms with Crippen molar-refractivity contribution in [3.05, 3.63) is 52.7 Å². The molecule has 1 aromatic carbocycles. The molecule has 0 aliphatic rings. The van der Waals surface area contributed by atoms with E-state index in [1.807, 2.05) is 43.7 Å². The summed E-state index contributed by atoms with van der Waals surface area (Å²) in [5.74, 6) is 0.122. The van der Waals surface area contributed by atoms with Crippen molar-refractivity contribution in [2.24, 2.45) is 0 Å². The molecule has 0 bridgehead atoms.